The minimum atomic E-state index is -4.67. The van der Waals surface area contributed by atoms with Crippen LogP contribution in [0.25, 0.3) is 0 Å². The third-order valence-electron chi connectivity index (χ3n) is 8.22. The molecule has 0 heterocycles. The summed E-state index contributed by atoms with van der Waals surface area (Å²) in [5.74, 6) is 4.92. The summed E-state index contributed by atoms with van der Waals surface area (Å²) in [6.07, 6.45) is 12.0. The molecule has 0 aliphatic heterocycles. The lowest BCUT2D eigenvalue weighted by atomic mass is 9.48. The van der Waals surface area contributed by atoms with Gasteiger partial charge in [0.2, 0.25) is 0 Å². The van der Waals surface area contributed by atoms with Crippen LogP contribution in [0.2, 0.25) is 0 Å². The van der Waals surface area contributed by atoms with E-state index in [-0.39, 0.29) is 6.15 Å². The number of hydrogen-bond donors (Lipinski definition) is 3. The molecule has 2 bridgehead atoms. The van der Waals surface area contributed by atoms with Crippen LogP contribution < -0.4 is 6.15 Å². The molecule has 0 amide bonds. The molecule has 0 aromatic heterocycles. The van der Waals surface area contributed by atoms with Crippen LogP contribution in [0, 0.1) is 40.4 Å². The Kier molecular flexibility index (Phi) is 7.76. The lowest BCUT2D eigenvalue weighted by Crippen LogP contribution is -2.48. The van der Waals surface area contributed by atoms with Crippen LogP contribution in [0.3, 0.4) is 0 Å². The predicted molar refractivity (Wildman–Crippen MR) is 107 cm³/mol. The summed E-state index contributed by atoms with van der Waals surface area (Å²) in [6, 6.07) is 0. The molecule has 0 unspecified atom stereocenters. The van der Waals surface area contributed by atoms with Gasteiger partial charge in [-0.05, 0) is 72.5 Å². The van der Waals surface area contributed by atoms with E-state index in [4.69, 9.17) is 17.5 Å². The van der Waals surface area contributed by atoms with E-state index in [1.165, 1.54) is 51.4 Å². The Labute approximate surface area is 160 Å². The summed E-state index contributed by atoms with van der Waals surface area (Å²) in [6.45, 7) is 12.9. The van der Waals surface area contributed by atoms with Crippen LogP contribution >= 0.6 is 0 Å². The number of hydrogen-bond acceptors (Lipinski definition) is 3. The van der Waals surface area contributed by atoms with Crippen LogP contribution in [0.5, 0.6) is 0 Å². The molecule has 3 aliphatic carbocycles. The molecule has 3 saturated carbocycles. The second-order valence-corrected chi connectivity index (χ2v) is 10.9. The molecule has 6 atom stereocenters. The van der Waals surface area contributed by atoms with E-state index in [0.717, 1.165) is 29.6 Å². The van der Waals surface area contributed by atoms with Gasteiger partial charge in [-0.25, -0.2) is 0 Å². The van der Waals surface area contributed by atoms with Gasteiger partial charge < -0.3 is 6.15 Å². The second kappa shape index (κ2) is 8.46. The molecule has 0 saturated heterocycles. The molecular weight excluding hydrogens is 350 g/mol. The standard InChI is InChI=1S/C20H36.H3N.H2O4S/c1-14-7-6-11-20(5)12-10-17-15(2)8-9-16(13-18(14)20)19(17,3)4;;1-5(2,3)4/h14-18H,6-13H2,1-5H3;1H3;(H2,1,2,3,4)/t14-,15-,16+,17+,18-,20+;;/m1../s1. The lowest BCUT2D eigenvalue weighted by Gasteiger charge is -2.57. The van der Waals surface area contributed by atoms with Gasteiger partial charge in [0, 0.05) is 0 Å². The lowest BCUT2D eigenvalue weighted by molar-refractivity contribution is -0.0692. The van der Waals surface area contributed by atoms with Gasteiger partial charge in [0.1, 0.15) is 0 Å². The zero-order chi connectivity index (χ0) is 19.0. The predicted octanol–water partition coefficient (Wildman–Crippen LogP) is 5.81. The van der Waals surface area contributed by atoms with Crippen LogP contribution in [-0.2, 0) is 10.4 Å². The van der Waals surface area contributed by atoms with E-state index in [1.54, 1.807) is 0 Å². The summed E-state index contributed by atoms with van der Waals surface area (Å²) in [5.41, 5.74) is 1.26. The van der Waals surface area contributed by atoms with Crippen molar-refractivity contribution < 1.29 is 17.5 Å². The van der Waals surface area contributed by atoms with E-state index in [1.807, 2.05) is 0 Å². The van der Waals surface area contributed by atoms with Crippen molar-refractivity contribution >= 4 is 10.4 Å². The van der Waals surface area contributed by atoms with Crippen molar-refractivity contribution in [3.8, 4) is 0 Å². The highest BCUT2D eigenvalue weighted by Gasteiger charge is 2.50. The first-order valence-electron chi connectivity index (χ1n) is 10.0. The first-order chi connectivity index (χ1) is 11.3. The molecule has 3 rings (SSSR count). The van der Waals surface area contributed by atoms with Crippen LogP contribution in [0.4, 0.5) is 0 Å². The summed E-state index contributed by atoms with van der Waals surface area (Å²) < 4.78 is 31.6. The van der Waals surface area contributed by atoms with Crippen LogP contribution in [-0.4, -0.2) is 17.5 Å². The maximum atomic E-state index is 8.74. The van der Waals surface area contributed by atoms with E-state index >= 15 is 0 Å². The third kappa shape index (κ3) is 5.43. The fourth-order valence-corrected chi connectivity index (χ4v) is 6.67. The van der Waals surface area contributed by atoms with Crippen molar-refractivity contribution in [3.63, 3.8) is 0 Å². The zero-order valence-corrected chi connectivity index (χ0v) is 18.2. The van der Waals surface area contributed by atoms with E-state index in [0.29, 0.717) is 10.8 Å². The summed E-state index contributed by atoms with van der Waals surface area (Å²) in [7, 11) is -4.67. The van der Waals surface area contributed by atoms with Gasteiger partial charge in [-0.2, -0.15) is 8.42 Å². The normalized spacial score (nSPS) is 42.0. The van der Waals surface area contributed by atoms with E-state index in [9.17, 15) is 0 Å². The summed E-state index contributed by atoms with van der Waals surface area (Å²) in [4.78, 5) is 0. The van der Waals surface area contributed by atoms with Gasteiger partial charge in [-0.3, -0.25) is 9.11 Å². The molecule has 0 spiro atoms. The minimum absolute atomic E-state index is 0. The topological polar surface area (TPSA) is 110 Å². The summed E-state index contributed by atoms with van der Waals surface area (Å²) in [5, 5.41) is 0. The minimum Gasteiger partial charge on any atom is -0.344 e. The highest BCUT2D eigenvalue weighted by molar-refractivity contribution is 7.79. The molecule has 0 radical (unpaired) electrons. The van der Waals surface area contributed by atoms with Gasteiger partial charge in [0.25, 0.3) is 0 Å². The Morgan fingerprint density at radius 2 is 1.38 bits per heavy atom. The van der Waals surface area contributed by atoms with Crippen LogP contribution in [0.1, 0.15) is 86.0 Å². The molecule has 3 aliphatic rings. The van der Waals surface area contributed by atoms with Gasteiger partial charge in [0.15, 0.2) is 0 Å². The fourth-order valence-electron chi connectivity index (χ4n) is 6.67. The van der Waals surface area contributed by atoms with Crippen molar-refractivity contribution in [2.45, 2.75) is 86.0 Å². The van der Waals surface area contributed by atoms with Crippen molar-refractivity contribution in [3.05, 3.63) is 0 Å². The molecule has 5 nitrogen and oxygen atoms in total. The van der Waals surface area contributed by atoms with Gasteiger partial charge in [-0.1, -0.05) is 53.9 Å². The molecule has 0 aromatic rings. The third-order valence-corrected chi connectivity index (χ3v) is 8.22. The first-order valence-corrected chi connectivity index (χ1v) is 11.4. The van der Waals surface area contributed by atoms with E-state index < -0.39 is 10.4 Å². The van der Waals surface area contributed by atoms with Gasteiger partial charge in [0.05, 0.1) is 0 Å². The number of fused-ring (bicyclic) bond motifs is 3. The Balaban J connectivity index is 0.000000501. The first kappa shape index (κ1) is 23.9. The van der Waals surface area contributed by atoms with E-state index in [2.05, 4.69) is 34.6 Å². The Morgan fingerprint density at radius 1 is 0.846 bits per heavy atom. The van der Waals surface area contributed by atoms with Crippen LogP contribution in [0.15, 0.2) is 0 Å². The van der Waals surface area contributed by atoms with Crippen molar-refractivity contribution in [2.75, 3.05) is 0 Å². The maximum absolute atomic E-state index is 8.74. The average molecular weight is 392 g/mol. The number of rotatable bonds is 0. The SMILES string of the molecule is C[C@@H]1CCC[C@@]2(C)CC[C@H]3[C@H](C)CC[C@@H](C[C@H]12)C3(C)C.N.O=S(=O)(O)O. The van der Waals surface area contributed by atoms with Crippen molar-refractivity contribution in [2.24, 2.45) is 40.4 Å². The smallest absolute Gasteiger partial charge is 0.344 e. The molecule has 0 aromatic carbocycles. The highest BCUT2D eigenvalue weighted by atomic mass is 32.3. The van der Waals surface area contributed by atoms with Gasteiger partial charge >= 0.3 is 10.4 Å². The Hall–Kier alpha value is -0.170. The second-order valence-electron chi connectivity index (χ2n) is 10.0. The Morgan fingerprint density at radius 3 is 1.96 bits per heavy atom. The maximum Gasteiger partial charge on any atom is 0.394 e. The quantitative estimate of drug-likeness (QED) is 0.451. The molecule has 26 heavy (non-hydrogen) atoms. The molecule has 3 fully saturated rings. The zero-order valence-electron chi connectivity index (χ0n) is 17.4. The van der Waals surface area contributed by atoms with Gasteiger partial charge in [-0.15, -0.1) is 0 Å². The monoisotopic (exact) mass is 391 g/mol. The molecule has 6 heteroatoms. The highest BCUT2D eigenvalue weighted by Crippen LogP contribution is 2.60. The Bertz CT molecular complexity index is 554. The largest absolute Gasteiger partial charge is 0.394 e. The molecule has 5 N–H and O–H groups in total. The summed E-state index contributed by atoms with van der Waals surface area (Å²) >= 11 is 0. The molecule has 156 valence electrons. The van der Waals surface area contributed by atoms with Crippen molar-refractivity contribution in [1.29, 1.82) is 0 Å². The fraction of sp³-hybridized carbons (Fsp3) is 1.00. The van der Waals surface area contributed by atoms with Crippen molar-refractivity contribution in [1.82, 2.24) is 6.15 Å². The molecular formula is C20H41NO4S. The average Bonchev–Trinajstić information content (AvgIpc) is 2.42.